The molecule has 0 spiro atoms. The molecule has 0 aromatic carbocycles. The van der Waals surface area contributed by atoms with Crippen LogP contribution in [0.1, 0.15) is 39.5 Å². The van der Waals surface area contributed by atoms with Gasteiger partial charge in [-0.2, -0.15) is 0 Å². The van der Waals surface area contributed by atoms with Crippen LogP contribution in [0.25, 0.3) is 0 Å². The molecule has 0 radical (unpaired) electrons. The molecule has 0 unspecified atom stereocenters. The molecule has 0 bridgehead atoms. The summed E-state index contributed by atoms with van der Waals surface area (Å²) >= 11 is 0. The Morgan fingerprint density at radius 3 is 2.90 bits per heavy atom. The third kappa shape index (κ3) is 1.98. The molecule has 0 amide bonds. The molecule has 1 aliphatic heterocycles. The molecule has 1 heteroatoms. The molecule has 1 fully saturated rings. The van der Waals surface area contributed by atoms with E-state index >= 15 is 0 Å². The highest BCUT2D eigenvalue weighted by molar-refractivity contribution is 4.77. The van der Waals surface area contributed by atoms with Gasteiger partial charge < -0.3 is 5.32 Å². The van der Waals surface area contributed by atoms with Gasteiger partial charge in [0.05, 0.1) is 0 Å². The Hall–Kier alpha value is -0.0400. The Morgan fingerprint density at radius 1 is 1.50 bits per heavy atom. The summed E-state index contributed by atoms with van der Waals surface area (Å²) in [6, 6.07) is 0.818. The quantitative estimate of drug-likeness (QED) is 0.621. The maximum atomic E-state index is 3.57. The zero-order chi connectivity index (χ0) is 7.40. The topological polar surface area (TPSA) is 12.0 Å². The Balaban J connectivity index is 2.25. The zero-order valence-corrected chi connectivity index (χ0v) is 7.19. The second-order valence-corrected chi connectivity index (χ2v) is 3.47. The third-order valence-corrected chi connectivity index (χ3v) is 2.53. The predicted molar refractivity (Wildman–Crippen MR) is 45.1 cm³/mol. The Bertz CT molecular complexity index is 88.7. The summed E-state index contributed by atoms with van der Waals surface area (Å²) < 4.78 is 0. The average Bonchev–Trinajstić information content (AvgIpc) is 1.94. The summed E-state index contributed by atoms with van der Waals surface area (Å²) in [7, 11) is 0. The first-order chi connectivity index (χ1) is 4.84. The lowest BCUT2D eigenvalue weighted by molar-refractivity contribution is 0.285. The van der Waals surface area contributed by atoms with Crippen molar-refractivity contribution in [2.24, 2.45) is 5.92 Å². The fraction of sp³-hybridized carbons (Fsp3) is 1.00. The van der Waals surface area contributed by atoms with Crippen LogP contribution >= 0.6 is 0 Å². The lowest BCUT2D eigenvalue weighted by Crippen LogP contribution is -2.39. The van der Waals surface area contributed by atoms with E-state index in [0.29, 0.717) is 0 Å². The van der Waals surface area contributed by atoms with Crippen LogP contribution < -0.4 is 5.32 Å². The minimum atomic E-state index is 0.818. The molecule has 0 aromatic rings. The van der Waals surface area contributed by atoms with E-state index in [1.165, 1.54) is 32.2 Å². The molecule has 1 saturated heterocycles. The van der Waals surface area contributed by atoms with E-state index in [1.807, 2.05) is 0 Å². The predicted octanol–water partition coefficient (Wildman–Crippen LogP) is 2.17. The molecule has 0 aliphatic carbocycles. The van der Waals surface area contributed by atoms with E-state index in [9.17, 15) is 0 Å². The summed E-state index contributed by atoms with van der Waals surface area (Å²) in [5.74, 6) is 0.911. The Labute approximate surface area is 64.2 Å². The number of hydrogen-bond acceptors (Lipinski definition) is 1. The number of rotatable bonds is 2. The lowest BCUT2D eigenvalue weighted by atomic mass is 9.90. The van der Waals surface area contributed by atoms with Crippen LogP contribution in [0.3, 0.4) is 0 Å². The van der Waals surface area contributed by atoms with Crippen molar-refractivity contribution in [3.63, 3.8) is 0 Å². The van der Waals surface area contributed by atoms with E-state index < -0.39 is 0 Å². The summed E-state index contributed by atoms with van der Waals surface area (Å²) in [6.45, 7) is 5.88. The molecular weight excluding hydrogens is 122 g/mol. The number of hydrogen-bond donors (Lipinski definition) is 1. The molecular formula is C9H19N. The highest BCUT2D eigenvalue weighted by Gasteiger charge is 2.18. The van der Waals surface area contributed by atoms with Crippen molar-refractivity contribution in [1.82, 2.24) is 5.32 Å². The fourth-order valence-corrected chi connectivity index (χ4v) is 1.81. The highest BCUT2D eigenvalue weighted by atomic mass is 14.9. The van der Waals surface area contributed by atoms with E-state index in [-0.39, 0.29) is 0 Å². The van der Waals surface area contributed by atoms with Gasteiger partial charge in [-0.3, -0.25) is 0 Å². The minimum absolute atomic E-state index is 0.818. The highest BCUT2D eigenvalue weighted by Crippen LogP contribution is 2.18. The van der Waals surface area contributed by atoms with Gasteiger partial charge in [0.25, 0.3) is 0 Å². The standard InChI is InChI=1S/C9H19N/c1-3-5-9-8(2)6-4-7-10-9/h8-10H,3-7H2,1-2H3/t8-,9-/m0/s1. The zero-order valence-electron chi connectivity index (χ0n) is 7.19. The summed E-state index contributed by atoms with van der Waals surface area (Å²) in [5.41, 5.74) is 0. The first kappa shape index (κ1) is 8.06. The summed E-state index contributed by atoms with van der Waals surface area (Å²) in [5, 5.41) is 3.57. The Kier molecular flexibility index (Phi) is 3.20. The van der Waals surface area contributed by atoms with E-state index in [1.54, 1.807) is 0 Å². The SMILES string of the molecule is CCC[C@@H]1NCCC[C@@H]1C. The molecule has 1 N–H and O–H groups in total. The first-order valence-corrected chi connectivity index (χ1v) is 4.58. The van der Waals surface area contributed by atoms with Crippen molar-refractivity contribution in [1.29, 1.82) is 0 Å². The van der Waals surface area contributed by atoms with Crippen LogP contribution in [0.5, 0.6) is 0 Å². The number of nitrogens with one attached hydrogen (secondary N) is 1. The van der Waals surface area contributed by atoms with Crippen LogP contribution in [-0.2, 0) is 0 Å². The maximum Gasteiger partial charge on any atom is 0.00925 e. The molecule has 1 aliphatic rings. The minimum Gasteiger partial charge on any atom is -0.314 e. The average molecular weight is 141 g/mol. The van der Waals surface area contributed by atoms with Crippen molar-refractivity contribution in [3.05, 3.63) is 0 Å². The second-order valence-electron chi connectivity index (χ2n) is 3.47. The maximum absolute atomic E-state index is 3.57. The Morgan fingerprint density at radius 2 is 2.30 bits per heavy atom. The van der Waals surface area contributed by atoms with Crippen molar-refractivity contribution in [3.8, 4) is 0 Å². The molecule has 0 aromatic heterocycles. The lowest BCUT2D eigenvalue weighted by Gasteiger charge is -2.29. The van der Waals surface area contributed by atoms with E-state index in [4.69, 9.17) is 0 Å². The molecule has 1 nitrogen and oxygen atoms in total. The second kappa shape index (κ2) is 3.97. The van der Waals surface area contributed by atoms with Gasteiger partial charge in [-0.15, -0.1) is 0 Å². The van der Waals surface area contributed by atoms with Crippen LogP contribution in [0, 0.1) is 5.92 Å². The van der Waals surface area contributed by atoms with Crippen molar-refractivity contribution in [2.45, 2.75) is 45.6 Å². The van der Waals surface area contributed by atoms with E-state index in [0.717, 1.165) is 12.0 Å². The summed E-state index contributed by atoms with van der Waals surface area (Å²) in [4.78, 5) is 0. The molecule has 1 rings (SSSR count). The van der Waals surface area contributed by atoms with Gasteiger partial charge in [0, 0.05) is 6.04 Å². The van der Waals surface area contributed by atoms with Crippen LogP contribution in [0.15, 0.2) is 0 Å². The smallest absolute Gasteiger partial charge is 0.00925 e. The van der Waals surface area contributed by atoms with Crippen LogP contribution in [0.4, 0.5) is 0 Å². The normalized spacial score (nSPS) is 34.2. The van der Waals surface area contributed by atoms with Crippen molar-refractivity contribution >= 4 is 0 Å². The van der Waals surface area contributed by atoms with Crippen LogP contribution in [0.2, 0.25) is 0 Å². The van der Waals surface area contributed by atoms with Crippen LogP contribution in [-0.4, -0.2) is 12.6 Å². The van der Waals surface area contributed by atoms with E-state index in [2.05, 4.69) is 19.2 Å². The van der Waals surface area contributed by atoms with Gasteiger partial charge in [-0.25, -0.2) is 0 Å². The van der Waals surface area contributed by atoms with Gasteiger partial charge in [0.2, 0.25) is 0 Å². The summed E-state index contributed by atoms with van der Waals surface area (Å²) in [6.07, 6.45) is 5.49. The molecule has 60 valence electrons. The molecule has 1 heterocycles. The van der Waals surface area contributed by atoms with Gasteiger partial charge in [0.15, 0.2) is 0 Å². The molecule has 10 heavy (non-hydrogen) atoms. The fourth-order valence-electron chi connectivity index (χ4n) is 1.81. The monoisotopic (exact) mass is 141 g/mol. The third-order valence-electron chi connectivity index (χ3n) is 2.53. The first-order valence-electron chi connectivity index (χ1n) is 4.58. The van der Waals surface area contributed by atoms with Crippen molar-refractivity contribution in [2.75, 3.05) is 6.54 Å². The largest absolute Gasteiger partial charge is 0.314 e. The van der Waals surface area contributed by atoms with Gasteiger partial charge in [-0.1, -0.05) is 20.3 Å². The van der Waals surface area contributed by atoms with Gasteiger partial charge >= 0.3 is 0 Å². The van der Waals surface area contributed by atoms with Gasteiger partial charge in [0.1, 0.15) is 0 Å². The van der Waals surface area contributed by atoms with Crippen molar-refractivity contribution < 1.29 is 0 Å². The molecule has 2 atom stereocenters. The number of piperidine rings is 1. The van der Waals surface area contributed by atoms with Gasteiger partial charge in [-0.05, 0) is 31.7 Å². The molecule has 0 saturated carbocycles.